The van der Waals surface area contributed by atoms with Crippen LogP contribution in [0.15, 0.2) is 36.7 Å². The molecule has 1 saturated heterocycles. The average molecular weight is 308 g/mol. The Balaban J connectivity index is 1.34. The smallest absolute Gasteiger partial charge is 0.135 e. The molecule has 0 N–H and O–H groups in total. The van der Waals surface area contributed by atoms with E-state index in [-0.39, 0.29) is 0 Å². The summed E-state index contributed by atoms with van der Waals surface area (Å²) < 4.78 is 0. The molecule has 4 nitrogen and oxygen atoms in total. The predicted molar refractivity (Wildman–Crippen MR) is 92.9 cm³/mol. The van der Waals surface area contributed by atoms with Crippen molar-refractivity contribution in [1.82, 2.24) is 14.9 Å². The second-order valence-electron chi connectivity index (χ2n) is 6.54. The molecule has 1 aromatic carbocycles. The van der Waals surface area contributed by atoms with E-state index in [1.165, 1.54) is 29.1 Å². The van der Waals surface area contributed by atoms with Crippen LogP contribution in [-0.4, -0.2) is 47.6 Å². The first-order valence-corrected chi connectivity index (χ1v) is 8.74. The van der Waals surface area contributed by atoms with Crippen molar-refractivity contribution in [2.75, 3.05) is 37.6 Å². The number of anilines is 1. The highest BCUT2D eigenvalue weighted by atomic mass is 15.3. The van der Waals surface area contributed by atoms with Crippen LogP contribution in [-0.2, 0) is 19.3 Å². The number of rotatable bonds is 4. The lowest BCUT2D eigenvalue weighted by molar-refractivity contribution is 0.260. The van der Waals surface area contributed by atoms with Crippen LogP contribution in [0, 0.1) is 0 Å². The molecule has 0 saturated carbocycles. The number of hydrogen-bond acceptors (Lipinski definition) is 4. The number of hydrogen-bond donors (Lipinski definition) is 0. The zero-order valence-corrected chi connectivity index (χ0v) is 13.6. The molecular formula is C19H24N4. The SMILES string of the molecule is c1ccc(CCN2CCN(c3ncnc4c3CCC4)CC2)cc1. The molecule has 4 heteroatoms. The van der Waals surface area contributed by atoms with E-state index in [9.17, 15) is 0 Å². The van der Waals surface area contributed by atoms with Crippen LogP contribution < -0.4 is 4.90 Å². The monoisotopic (exact) mass is 308 g/mol. The van der Waals surface area contributed by atoms with Crippen LogP contribution in [0.25, 0.3) is 0 Å². The first-order chi connectivity index (χ1) is 11.4. The third-order valence-corrected chi connectivity index (χ3v) is 5.08. The van der Waals surface area contributed by atoms with Crippen LogP contribution in [0.4, 0.5) is 5.82 Å². The number of fused-ring (bicyclic) bond motifs is 1. The predicted octanol–water partition coefficient (Wildman–Crippen LogP) is 2.33. The van der Waals surface area contributed by atoms with Gasteiger partial charge in [-0.05, 0) is 31.2 Å². The van der Waals surface area contributed by atoms with E-state index in [2.05, 4.69) is 50.1 Å². The zero-order valence-electron chi connectivity index (χ0n) is 13.6. The molecule has 0 radical (unpaired) electrons. The second kappa shape index (κ2) is 6.67. The topological polar surface area (TPSA) is 32.3 Å². The van der Waals surface area contributed by atoms with Gasteiger partial charge in [0.1, 0.15) is 12.1 Å². The number of piperazine rings is 1. The molecule has 4 rings (SSSR count). The van der Waals surface area contributed by atoms with Crippen LogP contribution >= 0.6 is 0 Å². The van der Waals surface area contributed by atoms with E-state index in [0.717, 1.165) is 52.0 Å². The van der Waals surface area contributed by atoms with Gasteiger partial charge in [0, 0.05) is 44.0 Å². The molecule has 1 fully saturated rings. The van der Waals surface area contributed by atoms with Gasteiger partial charge in [0.25, 0.3) is 0 Å². The van der Waals surface area contributed by atoms with Gasteiger partial charge in [-0.15, -0.1) is 0 Å². The van der Waals surface area contributed by atoms with Crippen molar-refractivity contribution in [3.8, 4) is 0 Å². The molecule has 0 unspecified atom stereocenters. The van der Waals surface area contributed by atoms with Gasteiger partial charge in [-0.3, -0.25) is 4.90 Å². The average Bonchev–Trinajstić information content (AvgIpc) is 3.10. The molecule has 2 heterocycles. The first-order valence-electron chi connectivity index (χ1n) is 8.74. The maximum Gasteiger partial charge on any atom is 0.135 e. The fourth-order valence-corrected chi connectivity index (χ4v) is 3.73. The van der Waals surface area contributed by atoms with Crippen LogP contribution in [0.5, 0.6) is 0 Å². The molecule has 120 valence electrons. The lowest BCUT2D eigenvalue weighted by Crippen LogP contribution is -2.47. The van der Waals surface area contributed by atoms with Gasteiger partial charge in [0.15, 0.2) is 0 Å². The van der Waals surface area contributed by atoms with Crippen LogP contribution in [0.3, 0.4) is 0 Å². The molecule has 0 amide bonds. The van der Waals surface area contributed by atoms with Crippen molar-refractivity contribution < 1.29 is 0 Å². The summed E-state index contributed by atoms with van der Waals surface area (Å²) in [6, 6.07) is 10.8. The van der Waals surface area contributed by atoms with Crippen molar-refractivity contribution in [1.29, 1.82) is 0 Å². The number of aromatic nitrogens is 2. The minimum Gasteiger partial charge on any atom is -0.354 e. The molecule has 0 spiro atoms. The molecule has 1 aliphatic heterocycles. The van der Waals surface area contributed by atoms with Crippen molar-refractivity contribution in [3.05, 3.63) is 53.5 Å². The summed E-state index contributed by atoms with van der Waals surface area (Å²) in [5.74, 6) is 1.20. The third kappa shape index (κ3) is 3.22. The second-order valence-corrected chi connectivity index (χ2v) is 6.54. The Morgan fingerprint density at radius 2 is 1.74 bits per heavy atom. The van der Waals surface area contributed by atoms with Crippen LogP contribution in [0.1, 0.15) is 23.2 Å². The lowest BCUT2D eigenvalue weighted by atomic mass is 10.1. The molecule has 2 aliphatic rings. The summed E-state index contributed by atoms with van der Waals surface area (Å²) in [4.78, 5) is 14.1. The molecule has 1 aromatic heterocycles. The van der Waals surface area contributed by atoms with Gasteiger partial charge < -0.3 is 4.90 Å². The maximum absolute atomic E-state index is 4.59. The molecule has 1 aliphatic carbocycles. The largest absolute Gasteiger partial charge is 0.354 e. The minimum atomic E-state index is 1.08. The zero-order chi connectivity index (χ0) is 15.5. The highest BCUT2D eigenvalue weighted by molar-refractivity contribution is 5.50. The number of aryl methyl sites for hydroxylation is 1. The normalized spacial score (nSPS) is 18.2. The summed E-state index contributed by atoms with van der Waals surface area (Å²) in [5.41, 5.74) is 4.12. The summed E-state index contributed by atoms with van der Waals surface area (Å²) in [6.07, 6.45) is 6.41. The third-order valence-electron chi connectivity index (χ3n) is 5.08. The molecule has 0 atom stereocenters. The summed E-state index contributed by atoms with van der Waals surface area (Å²) in [7, 11) is 0. The Morgan fingerprint density at radius 3 is 2.57 bits per heavy atom. The molecule has 23 heavy (non-hydrogen) atoms. The van der Waals surface area contributed by atoms with Gasteiger partial charge in [0.05, 0.1) is 0 Å². The van der Waals surface area contributed by atoms with Gasteiger partial charge in [-0.2, -0.15) is 0 Å². The number of nitrogens with zero attached hydrogens (tertiary/aromatic N) is 4. The Labute approximate surface area is 138 Å². The highest BCUT2D eigenvalue weighted by Gasteiger charge is 2.24. The Hall–Kier alpha value is -1.94. The Bertz CT molecular complexity index is 648. The highest BCUT2D eigenvalue weighted by Crippen LogP contribution is 2.28. The van der Waals surface area contributed by atoms with Crippen molar-refractivity contribution >= 4 is 5.82 Å². The van der Waals surface area contributed by atoms with E-state index in [1.807, 2.05) is 0 Å². The standard InChI is InChI=1S/C19H24N4/c1-2-5-16(6-3-1)9-10-22-11-13-23(14-12-22)19-17-7-4-8-18(17)20-15-21-19/h1-3,5-6,15H,4,7-14H2. The van der Waals surface area contributed by atoms with Gasteiger partial charge in [-0.25, -0.2) is 9.97 Å². The van der Waals surface area contributed by atoms with E-state index >= 15 is 0 Å². The first kappa shape index (κ1) is 14.6. The molecular weight excluding hydrogens is 284 g/mol. The van der Waals surface area contributed by atoms with Gasteiger partial charge >= 0.3 is 0 Å². The summed E-state index contributed by atoms with van der Waals surface area (Å²) in [6.45, 7) is 5.58. The number of benzene rings is 1. The quantitative estimate of drug-likeness (QED) is 0.868. The minimum absolute atomic E-state index is 1.08. The van der Waals surface area contributed by atoms with E-state index in [1.54, 1.807) is 6.33 Å². The Kier molecular flexibility index (Phi) is 4.24. The Morgan fingerprint density at radius 1 is 0.913 bits per heavy atom. The van der Waals surface area contributed by atoms with Crippen molar-refractivity contribution in [2.24, 2.45) is 0 Å². The van der Waals surface area contributed by atoms with E-state index < -0.39 is 0 Å². The summed E-state index contributed by atoms with van der Waals surface area (Å²) >= 11 is 0. The van der Waals surface area contributed by atoms with Crippen molar-refractivity contribution in [2.45, 2.75) is 25.7 Å². The summed E-state index contributed by atoms with van der Waals surface area (Å²) in [5, 5.41) is 0. The fourth-order valence-electron chi connectivity index (χ4n) is 3.73. The molecule has 2 aromatic rings. The fraction of sp³-hybridized carbons (Fsp3) is 0.474. The van der Waals surface area contributed by atoms with Gasteiger partial charge in [0.2, 0.25) is 0 Å². The van der Waals surface area contributed by atoms with Crippen LogP contribution in [0.2, 0.25) is 0 Å². The van der Waals surface area contributed by atoms with Crippen molar-refractivity contribution in [3.63, 3.8) is 0 Å². The van der Waals surface area contributed by atoms with E-state index in [4.69, 9.17) is 0 Å². The maximum atomic E-state index is 4.59. The molecule has 0 bridgehead atoms. The van der Waals surface area contributed by atoms with E-state index in [0.29, 0.717) is 0 Å². The lowest BCUT2D eigenvalue weighted by Gasteiger charge is -2.36. The van der Waals surface area contributed by atoms with Gasteiger partial charge in [-0.1, -0.05) is 30.3 Å².